The van der Waals surface area contributed by atoms with Crippen LogP contribution in [-0.2, 0) is 22.7 Å². The highest BCUT2D eigenvalue weighted by atomic mass is 16.5. The number of fused-ring (bicyclic) bond motifs is 1. The fraction of sp³-hybridized carbons (Fsp3) is 0.300. The van der Waals surface area contributed by atoms with Gasteiger partial charge in [0.05, 0.1) is 42.8 Å². The highest BCUT2D eigenvalue weighted by Crippen LogP contribution is 2.21. The molecule has 0 saturated carbocycles. The minimum atomic E-state index is -0.360. The Kier molecular flexibility index (Phi) is 4.92. The molecule has 2 aromatic heterocycles. The summed E-state index contributed by atoms with van der Waals surface area (Å²) < 4.78 is 5.20. The zero-order chi connectivity index (χ0) is 19.5. The van der Waals surface area contributed by atoms with Crippen molar-refractivity contribution < 1.29 is 14.3 Å². The van der Waals surface area contributed by atoms with Gasteiger partial charge in [-0.25, -0.2) is 4.98 Å². The maximum Gasteiger partial charge on any atom is 0.225 e. The van der Waals surface area contributed by atoms with E-state index in [2.05, 4.69) is 20.3 Å². The van der Waals surface area contributed by atoms with Gasteiger partial charge in [-0.3, -0.25) is 14.6 Å². The van der Waals surface area contributed by atoms with Crippen molar-refractivity contribution in [3.63, 3.8) is 0 Å². The Hall–Kier alpha value is -3.42. The van der Waals surface area contributed by atoms with Crippen molar-refractivity contribution in [1.29, 1.82) is 0 Å². The Bertz CT molecular complexity index is 1000. The number of carbonyl (C=O) groups excluding carboxylic acids is 2. The number of pyridine rings is 1. The number of benzene rings is 1. The monoisotopic (exact) mass is 379 g/mol. The van der Waals surface area contributed by atoms with Crippen molar-refractivity contribution in [2.24, 2.45) is 5.92 Å². The molecule has 1 aliphatic rings. The van der Waals surface area contributed by atoms with Crippen LogP contribution in [0.3, 0.4) is 0 Å². The van der Waals surface area contributed by atoms with Gasteiger partial charge in [0.1, 0.15) is 11.6 Å². The third-order valence-electron chi connectivity index (χ3n) is 4.83. The zero-order valence-electron chi connectivity index (χ0n) is 15.5. The summed E-state index contributed by atoms with van der Waals surface area (Å²) in [6.07, 6.45) is 1.92. The molecule has 1 aliphatic heterocycles. The summed E-state index contributed by atoms with van der Waals surface area (Å²) in [6.45, 7) is 1.11. The van der Waals surface area contributed by atoms with Gasteiger partial charge >= 0.3 is 0 Å². The topological polar surface area (TPSA) is 100 Å². The molecule has 0 radical (unpaired) electrons. The molecule has 1 fully saturated rings. The first kappa shape index (κ1) is 18.0. The number of rotatable bonds is 6. The number of hydrogen-bond donors (Lipinski definition) is 2. The molecule has 3 aromatic rings. The quantitative estimate of drug-likeness (QED) is 0.678. The lowest BCUT2D eigenvalue weighted by molar-refractivity contribution is -0.129. The molecule has 2 amide bonds. The molecule has 0 unspecified atom stereocenters. The Morgan fingerprint density at radius 2 is 2.25 bits per heavy atom. The predicted molar refractivity (Wildman–Crippen MR) is 102 cm³/mol. The van der Waals surface area contributed by atoms with Crippen molar-refractivity contribution in [3.05, 3.63) is 54.1 Å². The molecule has 4 rings (SSSR count). The maximum absolute atomic E-state index is 12.5. The van der Waals surface area contributed by atoms with E-state index < -0.39 is 0 Å². The second-order valence-corrected chi connectivity index (χ2v) is 6.78. The molecular formula is C20H21N5O3. The lowest BCUT2D eigenvalue weighted by atomic mass is 10.1. The molecule has 144 valence electrons. The first-order chi connectivity index (χ1) is 13.6. The molecule has 2 N–H and O–H groups in total. The molecule has 1 atom stereocenters. The first-order valence-corrected chi connectivity index (χ1v) is 9.10. The van der Waals surface area contributed by atoms with Crippen LogP contribution < -0.4 is 10.1 Å². The lowest BCUT2D eigenvalue weighted by Gasteiger charge is -2.15. The molecule has 3 heterocycles. The van der Waals surface area contributed by atoms with Crippen LogP contribution in [0.4, 0.5) is 0 Å². The Morgan fingerprint density at radius 1 is 1.36 bits per heavy atom. The third-order valence-corrected chi connectivity index (χ3v) is 4.83. The highest BCUT2D eigenvalue weighted by molar-refractivity contribution is 5.89. The van der Waals surface area contributed by atoms with E-state index >= 15 is 0 Å². The van der Waals surface area contributed by atoms with Crippen LogP contribution >= 0.6 is 0 Å². The van der Waals surface area contributed by atoms with Crippen molar-refractivity contribution in [2.75, 3.05) is 13.7 Å². The van der Waals surface area contributed by atoms with Gasteiger partial charge in [-0.1, -0.05) is 6.07 Å². The van der Waals surface area contributed by atoms with Gasteiger partial charge < -0.3 is 19.9 Å². The third kappa shape index (κ3) is 3.80. The summed E-state index contributed by atoms with van der Waals surface area (Å²) in [5.41, 5.74) is 2.47. The molecule has 8 heteroatoms. The van der Waals surface area contributed by atoms with E-state index in [1.807, 2.05) is 36.4 Å². The molecular weight excluding hydrogens is 358 g/mol. The molecule has 0 bridgehead atoms. The summed E-state index contributed by atoms with van der Waals surface area (Å²) in [6, 6.07) is 11.2. The summed E-state index contributed by atoms with van der Waals surface area (Å²) in [5, 5.41) is 2.88. The van der Waals surface area contributed by atoms with Crippen molar-refractivity contribution in [2.45, 2.75) is 19.5 Å². The Balaban J connectivity index is 1.34. The Morgan fingerprint density at radius 3 is 3.04 bits per heavy atom. The molecule has 1 aromatic carbocycles. The fourth-order valence-electron chi connectivity index (χ4n) is 3.36. The van der Waals surface area contributed by atoms with Gasteiger partial charge in [0, 0.05) is 25.2 Å². The maximum atomic E-state index is 12.5. The van der Waals surface area contributed by atoms with Crippen LogP contribution in [0.5, 0.6) is 5.75 Å². The number of imidazole rings is 1. The molecule has 0 spiro atoms. The largest absolute Gasteiger partial charge is 0.497 e. The number of nitrogens with zero attached hydrogens (tertiary/aromatic N) is 3. The van der Waals surface area contributed by atoms with Gasteiger partial charge in [0.15, 0.2) is 0 Å². The van der Waals surface area contributed by atoms with Crippen LogP contribution in [0.25, 0.3) is 11.0 Å². The van der Waals surface area contributed by atoms with Crippen LogP contribution in [0.15, 0.2) is 42.6 Å². The molecule has 8 nitrogen and oxygen atoms in total. The molecule has 1 saturated heterocycles. The summed E-state index contributed by atoms with van der Waals surface area (Å²) in [7, 11) is 1.61. The molecule has 0 aliphatic carbocycles. The summed E-state index contributed by atoms with van der Waals surface area (Å²) >= 11 is 0. The van der Waals surface area contributed by atoms with Gasteiger partial charge in [0.2, 0.25) is 11.8 Å². The number of aromatic nitrogens is 3. The number of nitrogens with one attached hydrogen (secondary N) is 2. The predicted octanol–water partition coefficient (Wildman–Crippen LogP) is 1.63. The van der Waals surface area contributed by atoms with Crippen molar-refractivity contribution in [3.8, 4) is 5.75 Å². The SMILES string of the molecule is COc1ccc2nc(CNC(=O)[C@@H]3CC(=O)N(Cc4ccccn4)C3)[nH]c2c1. The van der Waals surface area contributed by atoms with Crippen LogP contribution in [0.1, 0.15) is 17.9 Å². The van der Waals surface area contributed by atoms with Crippen LogP contribution in [-0.4, -0.2) is 45.3 Å². The number of amides is 2. The number of methoxy groups -OCH3 is 1. The van der Waals surface area contributed by atoms with Gasteiger partial charge in [-0.2, -0.15) is 0 Å². The van der Waals surface area contributed by atoms with E-state index in [4.69, 9.17) is 4.74 Å². The molecule has 28 heavy (non-hydrogen) atoms. The number of aromatic amines is 1. The second kappa shape index (κ2) is 7.67. The van der Waals surface area contributed by atoms with Crippen molar-refractivity contribution >= 4 is 22.8 Å². The lowest BCUT2D eigenvalue weighted by Crippen LogP contribution is -2.32. The number of carbonyl (C=O) groups is 2. The minimum absolute atomic E-state index is 0.0263. The van der Waals surface area contributed by atoms with E-state index in [9.17, 15) is 9.59 Å². The number of H-pyrrole nitrogens is 1. The highest BCUT2D eigenvalue weighted by Gasteiger charge is 2.34. The zero-order valence-corrected chi connectivity index (χ0v) is 15.5. The van der Waals surface area contributed by atoms with E-state index in [1.165, 1.54) is 0 Å². The van der Waals surface area contributed by atoms with E-state index in [-0.39, 0.29) is 30.7 Å². The van der Waals surface area contributed by atoms with Gasteiger partial charge in [-0.05, 0) is 24.3 Å². The number of ether oxygens (including phenoxy) is 1. The van der Waals surface area contributed by atoms with E-state index in [0.29, 0.717) is 18.9 Å². The first-order valence-electron chi connectivity index (χ1n) is 9.10. The average Bonchev–Trinajstić information content (AvgIpc) is 3.29. The Labute approximate surface area is 161 Å². The average molecular weight is 379 g/mol. The van der Waals surface area contributed by atoms with Crippen molar-refractivity contribution in [1.82, 2.24) is 25.2 Å². The minimum Gasteiger partial charge on any atom is -0.497 e. The van der Waals surface area contributed by atoms with Crippen LogP contribution in [0, 0.1) is 5.92 Å². The number of hydrogen-bond acceptors (Lipinski definition) is 5. The second-order valence-electron chi connectivity index (χ2n) is 6.78. The van der Waals surface area contributed by atoms with E-state index in [1.54, 1.807) is 18.2 Å². The summed E-state index contributed by atoms with van der Waals surface area (Å²) in [5.74, 6) is 0.868. The normalized spacial score (nSPS) is 16.5. The fourth-order valence-corrected chi connectivity index (χ4v) is 3.36. The summed E-state index contributed by atoms with van der Waals surface area (Å²) in [4.78, 5) is 38.3. The van der Waals surface area contributed by atoms with E-state index in [0.717, 1.165) is 22.5 Å². The smallest absolute Gasteiger partial charge is 0.225 e. The van der Waals surface area contributed by atoms with Gasteiger partial charge in [0.25, 0.3) is 0 Å². The van der Waals surface area contributed by atoms with Gasteiger partial charge in [-0.15, -0.1) is 0 Å². The number of likely N-dealkylation sites (tertiary alicyclic amines) is 1. The standard InChI is InChI=1S/C20H21N5O3/c1-28-15-5-6-16-17(9-15)24-18(23-16)10-22-20(27)13-8-19(26)25(11-13)12-14-4-2-3-7-21-14/h2-7,9,13H,8,10-12H2,1H3,(H,22,27)(H,23,24)/t13-/m1/s1. The van der Waals surface area contributed by atoms with Crippen LogP contribution in [0.2, 0.25) is 0 Å².